The summed E-state index contributed by atoms with van der Waals surface area (Å²) < 4.78 is 5.43. The van der Waals surface area contributed by atoms with Gasteiger partial charge in [0.1, 0.15) is 0 Å². The average Bonchev–Trinajstić information content (AvgIpc) is 2.13. The van der Waals surface area contributed by atoms with E-state index < -0.39 is 0 Å². The molecular formula is C8H14O. The van der Waals surface area contributed by atoms with Crippen molar-refractivity contribution in [3.63, 3.8) is 0 Å². The smallest absolute Gasteiger partial charge is 0.0753 e. The molecular weight excluding hydrogens is 112 g/mol. The third-order valence-corrected chi connectivity index (χ3v) is 1.73. The molecule has 1 fully saturated rings. The van der Waals surface area contributed by atoms with Crippen LogP contribution < -0.4 is 0 Å². The Labute approximate surface area is 56.7 Å². The lowest BCUT2D eigenvalue weighted by atomic mass is 10.1. The Morgan fingerprint density at radius 3 is 3.00 bits per heavy atom. The molecule has 0 aliphatic carbocycles. The van der Waals surface area contributed by atoms with Crippen LogP contribution >= 0.6 is 0 Å². The molecule has 1 heterocycles. The van der Waals surface area contributed by atoms with Crippen molar-refractivity contribution >= 4 is 0 Å². The fourth-order valence-electron chi connectivity index (χ4n) is 1.13. The van der Waals surface area contributed by atoms with Gasteiger partial charge in [0, 0.05) is 6.61 Å². The van der Waals surface area contributed by atoms with Crippen molar-refractivity contribution < 1.29 is 4.74 Å². The van der Waals surface area contributed by atoms with Crippen LogP contribution in [-0.4, -0.2) is 12.7 Å². The molecule has 1 aliphatic heterocycles. The maximum absolute atomic E-state index is 5.43. The summed E-state index contributed by atoms with van der Waals surface area (Å²) in [6, 6.07) is 0. The van der Waals surface area contributed by atoms with Gasteiger partial charge in [-0.1, -0.05) is 18.9 Å². The molecule has 1 nitrogen and oxygen atoms in total. The Bertz CT molecular complexity index is 80.6. The second-order valence-electron chi connectivity index (χ2n) is 2.49. The van der Waals surface area contributed by atoms with Crippen LogP contribution in [0.25, 0.3) is 0 Å². The maximum Gasteiger partial charge on any atom is 0.0753 e. The summed E-state index contributed by atoms with van der Waals surface area (Å²) in [5.74, 6) is 0. The Morgan fingerprint density at radius 1 is 1.33 bits per heavy atom. The predicted octanol–water partition coefficient (Wildman–Crippen LogP) is 2.13. The molecule has 0 unspecified atom stereocenters. The molecule has 1 saturated heterocycles. The minimum atomic E-state index is 0.340. The first kappa shape index (κ1) is 6.81. The Hall–Kier alpha value is -0.300. The lowest BCUT2D eigenvalue weighted by Crippen LogP contribution is -2.06. The summed E-state index contributed by atoms with van der Waals surface area (Å²) in [4.78, 5) is 0. The monoisotopic (exact) mass is 126 g/mol. The fourth-order valence-corrected chi connectivity index (χ4v) is 1.13. The van der Waals surface area contributed by atoms with Crippen LogP contribution in [0.2, 0.25) is 0 Å². The van der Waals surface area contributed by atoms with Crippen LogP contribution in [0.3, 0.4) is 0 Å². The van der Waals surface area contributed by atoms with Crippen LogP contribution in [0.15, 0.2) is 12.7 Å². The van der Waals surface area contributed by atoms with Gasteiger partial charge in [0.25, 0.3) is 0 Å². The van der Waals surface area contributed by atoms with Crippen molar-refractivity contribution in [3.8, 4) is 0 Å². The molecule has 1 rings (SSSR count). The van der Waals surface area contributed by atoms with Gasteiger partial charge in [0.2, 0.25) is 0 Å². The molecule has 0 bridgehead atoms. The molecule has 1 aliphatic rings. The molecule has 0 spiro atoms. The second-order valence-corrected chi connectivity index (χ2v) is 2.49. The first-order chi connectivity index (χ1) is 4.43. The van der Waals surface area contributed by atoms with Gasteiger partial charge in [-0.15, -0.1) is 6.58 Å². The molecule has 0 aromatic rings. The molecule has 9 heavy (non-hydrogen) atoms. The SMILES string of the molecule is C=C[C@H]1CCCCCO1. The molecule has 1 atom stereocenters. The average molecular weight is 126 g/mol. The van der Waals surface area contributed by atoms with E-state index in [1.54, 1.807) is 0 Å². The van der Waals surface area contributed by atoms with E-state index >= 15 is 0 Å². The number of rotatable bonds is 1. The lowest BCUT2D eigenvalue weighted by molar-refractivity contribution is 0.0919. The fraction of sp³-hybridized carbons (Fsp3) is 0.750. The van der Waals surface area contributed by atoms with E-state index in [1.165, 1.54) is 25.7 Å². The minimum absolute atomic E-state index is 0.340. The van der Waals surface area contributed by atoms with Gasteiger partial charge < -0.3 is 4.74 Å². The molecule has 1 heteroatoms. The van der Waals surface area contributed by atoms with E-state index in [-0.39, 0.29) is 0 Å². The van der Waals surface area contributed by atoms with Gasteiger partial charge in [-0.05, 0) is 12.8 Å². The Kier molecular flexibility index (Phi) is 2.78. The van der Waals surface area contributed by atoms with Gasteiger partial charge in [-0.2, -0.15) is 0 Å². The molecule has 0 radical (unpaired) electrons. The highest BCUT2D eigenvalue weighted by atomic mass is 16.5. The highest BCUT2D eigenvalue weighted by Crippen LogP contribution is 2.12. The zero-order valence-corrected chi connectivity index (χ0v) is 5.81. The van der Waals surface area contributed by atoms with E-state index in [4.69, 9.17) is 4.74 Å². The van der Waals surface area contributed by atoms with Crippen molar-refractivity contribution in [2.75, 3.05) is 6.61 Å². The van der Waals surface area contributed by atoms with Crippen molar-refractivity contribution in [2.45, 2.75) is 31.8 Å². The van der Waals surface area contributed by atoms with Gasteiger partial charge in [-0.3, -0.25) is 0 Å². The lowest BCUT2D eigenvalue weighted by Gasteiger charge is -2.07. The van der Waals surface area contributed by atoms with Crippen LogP contribution in [0.4, 0.5) is 0 Å². The quantitative estimate of drug-likeness (QED) is 0.489. The number of hydrogen-bond donors (Lipinski definition) is 0. The minimum Gasteiger partial charge on any atom is -0.374 e. The van der Waals surface area contributed by atoms with Crippen LogP contribution in [0.5, 0.6) is 0 Å². The number of hydrogen-bond acceptors (Lipinski definition) is 1. The van der Waals surface area contributed by atoms with Crippen molar-refractivity contribution in [3.05, 3.63) is 12.7 Å². The van der Waals surface area contributed by atoms with Crippen LogP contribution in [-0.2, 0) is 4.74 Å². The second kappa shape index (κ2) is 3.67. The zero-order valence-electron chi connectivity index (χ0n) is 5.81. The Balaban J connectivity index is 2.26. The normalized spacial score (nSPS) is 29.1. The first-order valence-electron chi connectivity index (χ1n) is 3.67. The highest BCUT2D eigenvalue weighted by Gasteiger charge is 2.06. The molecule has 0 N–H and O–H groups in total. The van der Waals surface area contributed by atoms with Crippen LogP contribution in [0, 0.1) is 0 Å². The van der Waals surface area contributed by atoms with E-state index in [0.717, 1.165) is 6.61 Å². The van der Waals surface area contributed by atoms with Gasteiger partial charge in [0.05, 0.1) is 6.10 Å². The Morgan fingerprint density at radius 2 is 2.22 bits per heavy atom. The first-order valence-corrected chi connectivity index (χ1v) is 3.67. The van der Waals surface area contributed by atoms with E-state index in [1.807, 2.05) is 6.08 Å². The maximum atomic E-state index is 5.43. The van der Waals surface area contributed by atoms with Gasteiger partial charge in [0.15, 0.2) is 0 Å². The highest BCUT2D eigenvalue weighted by molar-refractivity contribution is 4.80. The summed E-state index contributed by atoms with van der Waals surface area (Å²) in [5, 5.41) is 0. The van der Waals surface area contributed by atoms with E-state index in [9.17, 15) is 0 Å². The van der Waals surface area contributed by atoms with Gasteiger partial charge >= 0.3 is 0 Å². The third-order valence-electron chi connectivity index (χ3n) is 1.73. The zero-order chi connectivity index (χ0) is 6.53. The summed E-state index contributed by atoms with van der Waals surface area (Å²) in [5.41, 5.74) is 0. The number of ether oxygens (including phenoxy) is 1. The molecule has 52 valence electrons. The molecule has 0 amide bonds. The van der Waals surface area contributed by atoms with E-state index in [2.05, 4.69) is 6.58 Å². The van der Waals surface area contributed by atoms with Gasteiger partial charge in [-0.25, -0.2) is 0 Å². The van der Waals surface area contributed by atoms with Crippen LogP contribution in [0.1, 0.15) is 25.7 Å². The standard InChI is InChI=1S/C8H14O/c1-2-8-6-4-3-5-7-9-8/h2,8H,1,3-7H2/t8-/m0/s1. The summed E-state index contributed by atoms with van der Waals surface area (Å²) >= 11 is 0. The summed E-state index contributed by atoms with van der Waals surface area (Å²) in [6.07, 6.45) is 7.27. The largest absolute Gasteiger partial charge is 0.374 e. The van der Waals surface area contributed by atoms with Crippen molar-refractivity contribution in [1.29, 1.82) is 0 Å². The molecule has 0 aromatic carbocycles. The van der Waals surface area contributed by atoms with Crippen molar-refractivity contribution in [1.82, 2.24) is 0 Å². The third kappa shape index (κ3) is 2.19. The summed E-state index contributed by atoms with van der Waals surface area (Å²) in [6.45, 7) is 4.63. The predicted molar refractivity (Wildman–Crippen MR) is 38.4 cm³/mol. The molecule has 0 aromatic heterocycles. The van der Waals surface area contributed by atoms with Crippen molar-refractivity contribution in [2.24, 2.45) is 0 Å². The summed E-state index contributed by atoms with van der Waals surface area (Å²) in [7, 11) is 0. The van der Waals surface area contributed by atoms with E-state index in [0.29, 0.717) is 6.10 Å². The molecule has 0 saturated carbocycles. The topological polar surface area (TPSA) is 9.23 Å².